The van der Waals surface area contributed by atoms with Crippen LogP contribution in [0.4, 0.5) is 0 Å². The molecule has 0 saturated carbocycles. The molecule has 31 heavy (non-hydrogen) atoms. The van der Waals surface area contributed by atoms with Gasteiger partial charge in [0.05, 0.1) is 35.2 Å². The first-order valence-corrected chi connectivity index (χ1v) is 11.9. The largest absolute Gasteiger partial charge is 0.379 e. The molecule has 3 heterocycles. The number of morpholine rings is 1. The van der Waals surface area contributed by atoms with Crippen LogP contribution in [-0.4, -0.2) is 66.3 Å². The fraction of sp³-hybridized carbons (Fsp3) is 0.364. The smallest absolute Gasteiger partial charge is 0.254 e. The third-order valence-corrected chi connectivity index (χ3v) is 7.86. The lowest BCUT2D eigenvalue weighted by Crippen LogP contribution is -2.40. The molecular formula is C22H24N4O4S. The summed E-state index contributed by atoms with van der Waals surface area (Å²) in [6.07, 6.45) is 1.74. The van der Waals surface area contributed by atoms with E-state index in [0.29, 0.717) is 38.4 Å². The summed E-state index contributed by atoms with van der Waals surface area (Å²) in [5, 5.41) is 0. The number of imidazole rings is 1. The molecule has 1 amide bonds. The summed E-state index contributed by atoms with van der Waals surface area (Å²) in [4.78, 5) is 23.2. The van der Waals surface area contributed by atoms with Crippen LogP contribution in [0.5, 0.6) is 0 Å². The number of aromatic amines is 1. The van der Waals surface area contributed by atoms with Gasteiger partial charge in [0.2, 0.25) is 10.0 Å². The monoisotopic (exact) mass is 440 g/mol. The van der Waals surface area contributed by atoms with E-state index in [1.165, 1.54) is 16.4 Å². The minimum atomic E-state index is -3.58. The number of carbonyl (C=O) groups excluding carboxylic acids is 1. The number of para-hydroxylation sites is 2. The van der Waals surface area contributed by atoms with Gasteiger partial charge in [-0.3, -0.25) is 4.79 Å². The average Bonchev–Trinajstić information content (AvgIpc) is 3.46. The van der Waals surface area contributed by atoms with Gasteiger partial charge in [0.1, 0.15) is 5.82 Å². The summed E-state index contributed by atoms with van der Waals surface area (Å²) in [5.74, 6) is 0.678. The van der Waals surface area contributed by atoms with Crippen molar-refractivity contribution < 1.29 is 17.9 Å². The number of benzene rings is 2. The minimum absolute atomic E-state index is 0.113. The van der Waals surface area contributed by atoms with Gasteiger partial charge in [0.25, 0.3) is 5.91 Å². The van der Waals surface area contributed by atoms with E-state index in [4.69, 9.17) is 4.74 Å². The average molecular weight is 441 g/mol. The highest BCUT2D eigenvalue weighted by molar-refractivity contribution is 7.89. The van der Waals surface area contributed by atoms with E-state index in [9.17, 15) is 13.2 Å². The molecule has 0 aliphatic carbocycles. The van der Waals surface area contributed by atoms with Crippen molar-refractivity contribution in [1.29, 1.82) is 0 Å². The van der Waals surface area contributed by atoms with Gasteiger partial charge < -0.3 is 14.6 Å². The zero-order chi connectivity index (χ0) is 21.4. The Labute approximate surface area is 180 Å². The van der Waals surface area contributed by atoms with Crippen molar-refractivity contribution in [2.75, 3.05) is 32.8 Å². The van der Waals surface area contributed by atoms with E-state index >= 15 is 0 Å². The van der Waals surface area contributed by atoms with Crippen molar-refractivity contribution in [2.24, 2.45) is 0 Å². The lowest BCUT2D eigenvalue weighted by Gasteiger charge is -2.26. The van der Waals surface area contributed by atoms with Gasteiger partial charge in [-0.25, -0.2) is 13.4 Å². The molecule has 0 spiro atoms. The zero-order valence-electron chi connectivity index (χ0n) is 17.0. The van der Waals surface area contributed by atoms with Gasteiger partial charge in [-0.2, -0.15) is 4.31 Å². The molecule has 2 fully saturated rings. The number of hydrogen-bond donors (Lipinski definition) is 1. The Hall–Kier alpha value is -2.75. The number of likely N-dealkylation sites (tertiary alicyclic amines) is 1. The van der Waals surface area contributed by atoms with E-state index < -0.39 is 10.0 Å². The molecule has 1 aromatic heterocycles. The Morgan fingerprint density at radius 2 is 1.77 bits per heavy atom. The Kier molecular flexibility index (Phi) is 5.25. The predicted molar refractivity (Wildman–Crippen MR) is 115 cm³/mol. The van der Waals surface area contributed by atoms with Crippen molar-refractivity contribution in [1.82, 2.24) is 19.2 Å². The third-order valence-electron chi connectivity index (χ3n) is 5.95. The van der Waals surface area contributed by atoms with Crippen LogP contribution in [0.3, 0.4) is 0 Å². The van der Waals surface area contributed by atoms with E-state index in [2.05, 4.69) is 9.97 Å². The highest BCUT2D eigenvalue weighted by Gasteiger charge is 2.33. The summed E-state index contributed by atoms with van der Waals surface area (Å²) < 4.78 is 32.3. The molecule has 2 aliphatic rings. The molecule has 8 nitrogen and oxygen atoms in total. The number of amides is 1. The molecule has 2 aliphatic heterocycles. The van der Waals surface area contributed by atoms with Crippen molar-refractivity contribution >= 4 is 27.0 Å². The number of carbonyl (C=O) groups is 1. The Morgan fingerprint density at radius 1 is 1.03 bits per heavy atom. The van der Waals surface area contributed by atoms with Crippen molar-refractivity contribution in [3.63, 3.8) is 0 Å². The fourth-order valence-corrected chi connectivity index (χ4v) is 5.70. The van der Waals surface area contributed by atoms with Crippen LogP contribution in [0, 0.1) is 0 Å². The van der Waals surface area contributed by atoms with E-state index in [1.807, 2.05) is 29.2 Å². The first-order chi connectivity index (χ1) is 15.0. The number of rotatable bonds is 4. The van der Waals surface area contributed by atoms with Gasteiger partial charge in [-0.1, -0.05) is 12.1 Å². The molecule has 5 rings (SSSR count). The highest BCUT2D eigenvalue weighted by atomic mass is 32.2. The van der Waals surface area contributed by atoms with Crippen LogP contribution in [0.25, 0.3) is 11.0 Å². The Morgan fingerprint density at radius 3 is 2.52 bits per heavy atom. The fourth-order valence-electron chi connectivity index (χ4n) is 4.30. The Bertz CT molecular complexity index is 1170. The number of ether oxygens (including phenoxy) is 1. The van der Waals surface area contributed by atoms with Crippen LogP contribution in [0.15, 0.2) is 53.4 Å². The van der Waals surface area contributed by atoms with E-state index in [-0.39, 0.29) is 16.8 Å². The molecule has 1 N–H and O–H groups in total. The molecule has 2 aromatic carbocycles. The zero-order valence-corrected chi connectivity index (χ0v) is 17.8. The predicted octanol–water partition coefficient (Wildman–Crippen LogP) is 2.56. The maximum Gasteiger partial charge on any atom is 0.254 e. The third kappa shape index (κ3) is 3.73. The molecule has 2 saturated heterocycles. The summed E-state index contributed by atoms with van der Waals surface area (Å²) in [7, 11) is -3.58. The molecule has 0 bridgehead atoms. The van der Waals surface area contributed by atoms with Crippen molar-refractivity contribution in [3.05, 3.63) is 59.9 Å². The number of aromatic nitrogens is 2. The summed E-state index contributed by atoms with van der Waals surface area (Å²) in [6, 6.07) is 13.9. The van der Waals surface area contributed by atoms with Gasteiger partial charge in [0, 0.05) is 25.2 Å². The SMILES string of the molecule is O=C(c1ccc(S(=O)(=O)N2CCOCC2)cc1)N1CCC[C@@H]1c1nc2ccccc2[nH]1. The highest BCUT2D eigenvalue weighted by Crippen LogP contribution is 2.33. The summed E-state index contributed by atoms with van der Waals surface area (Å²) >= 11 is 0. The van der Waals surface area contributed by atoms with Gasteiger partial charge in [-0.15, -0.1) is 0 Å². The van der Waals surface area contributed by atoms with Crippen molar-refractivity contribution in [3.8, 4) is 0 Å². The summed E-state index contributed by atoms with van der Waals surface area (Å²) in [5.41, 5.74) is 2.31. The normalized spacial score (nSPS) is 20.4. The summed E-state index contributed by atoms with van der Waals surface area (Å²) in [6.45, 7) is 2.13. The topological polar surface area (TPSA) is 95.6 Å². The second kappa shape index (κ2) is 8.07. The van der Waals surface area contributed by atoms with Crippen LogP contribution in [0.2, 0.25) is 0 Å². The number of nitrogens with zero attached hydrogens (tertiary/aromatic N) is 3. The first-order valence-electron chi connectivity index (χ1n) is 10.5. The minimum Gasteiger partial charge on any atom is -0.379 e. The molecule has 162 valence electrons. The molecule has 9 heteroatoms. The second-order valence-electron chi connectivity index (χ2n) is 7.84. The maximum atomic E-state index is 13.2. The van der Waals surface area contributed by atoms with Gasteiger partial charge >= 0.3 is 0 Å². The number of H-pyrrole nitrogens is 1. The quantitative estimate of drug-likeness (QED) is 0.673. The lowest BCUT2D eigenvalue weighted by molar-refractivity contribution is 0.0729. The molecule has 0 radical (unpaired) electrons. The number of fused-ring (bicyclic) bond motifs is 1. The number of nitrogens with one attached hydrogen (secondary N) is 1. The standard InChI is InChI=1S/C22H24N4O4S/c27-22(16-7-9-17(10-8-16)31(28,29)25-12-14-30-15-13-25)26-11-3-6-20(26)21-23-18-4-1-2-5-19(18)24-21/h1-2,4-5,7-10,20H,3,6,11-15H2,(H,23,24)/t20-/m1/s1. The first kappa shape index (κ1) is 20.2. The van der Waals surface area contributed by atoms with Crippen LogP contribution >= 0.6 is 0 Å². The maximum absolute atomic E-state index is 13.2. The van der Waals surface area contributed by atoms with Gasteiger partial charge in [0.15, 0.2) is 0 Å². The molecule has 1 atom stereocenters. The number of sulfonamides is 1. The molecule has 0 unspecified atom stereocenters. The van der Waals surface area contributed by atoms with E-state index in [1.54, 1.807) is 12.1 Å². The van der Waals surface area contributed by atoms with Crippen LogP contribution in [0.1, 0.15) is 35.1 Å². The Balaban J connectivity index is 1.36. The van der Waals surface area contributed by atoms with Gasteiger partial charge in [-0.05, 0) is 49.2 Å². The molecular weight excluding hydrogens is 416 g/mol. The lowest BCUT2D eigenvalue weighted by atomic mass is 10.1. The van der Waals surface area contributed by atoms with Crippen molar-refractivity contribution in [2.45, 2.75) is 23.8 Å². The second-order valence-corrected chi connectivity index (χ2v) is 9.77. The van der Waals surface area contributed by atoms with Crippen LogP contribution < -0.4 is 0 Å². The molecule has 3 aromatic rings. The van der Waals surface area contributed by atoms with Crippen LogP contribution in [-0.2, 0) is 14.8 Å². The van der Waals surface area contributed by atoms with E-state index in [0.717, 1.165) is 29.7 Å². The number of hydrogen-bond acceptors (Lipinski definition) is 5.